The van der Waals surface area contributed by atoms with Gasteiger partial charge in [-0.3, -0.25) is 14.4 Å². The molecule has 0 unspecified atom stereocenters. The molecule has 1 fully saturated rings. The summed E-state index contributed by atoms with van der Waals surface area (Å²) in [7, 11) is -3.58. The molecular formula is C25H48N4O7S. The first kappa shape index (κ1) is 33.3. The fourth-order valence-corrected chi connectivity index (χ4v) is 5.39. The summed E-state index contributed by atoms with van der Waals surface area (Å²) >= 11 is 0. The maximum Gasteiger partial charge on any atom is 0.304 e. The van der Waals surface area contributed by atoms with E-state index in [0.717, 1.165) is 25.7 Å². The lowest BCUT2D eigenvalue weighted by atomic mass is 9.94. The molecule has 0 spiro atoms. The van der Waals surface area contributed by atoms with E-state index in [4.69, 9.17) is 4.74 Å². The van der Waals surface area contributed by atoms with Crippen LogP contribution in [0.1, 0.15) is 85.0 Å². The molecule has 11 nitrogen and oxygen atoms in total. The van der Waals surface area contributed by atoms with E-state index in [0.29, 0.717) is 39.1 Å². The normalized spacial score (nSPS) is 16.3. The predicted octanol–water partition coefficient (Wildman–Crippen LogP) is 2.03. The number of carbonyl (C=O) groups is 3. The summed E-state index contributed by atoms with van der Waals surface area (Å²) in [5, 5.41) is 14.8. The highest BCUT2D eigenvalue weighted by molar-refractivity contribution is 7.87. The average Bonchev–Trinajstić information content (AvgIpc) is 2.85. The molecule has 12 heteroatoms. The average molecular weight is 549 g/mol. The van der Waals surface area contributed by atoms with Gasteiger partial charge in [-0.05, 0) is 18.8 Å². The van der Waals surface area contributed by atoms with Crippen molar-refractivity contribution in [3.63, 3.8) is 0 Å². The zero-order valence-electron chi connectivity index (χ0n) is 22.8. The molecule has 0 aromatic rings. The van der Waals surface area contributed by atoms with Crippen LogP contribution in [0.25, 0.3) is 0 Å². The van der Waals surface area contributed by atoms with Crippen LogP contribution in [0.3, 0.4) is 0 Å². The standard InChI is InChI=1S/C25H48N4O7S/c1-4-5-6-7-8-9-10-12-21(19-22(30)31)24(32)28-23(20(2)3)25(33)26-13-11-14-27-37(34,35)29-15-17-36-18-16-29/h20-21,23,27H,4-19H2,1-3H3,(H,26,33)(H,28,32)(H,30,31)/t21-,23-/m1/s1. The number of carboxylic acids is 1. The Bertz CT molecular complexity index is 786. The molecule has 2 amide bonds. The van der Waals surface area contributed by atoms with Crippen LogP contribution in [0, 0.1) is 11.8 Å². The van der Waals surface area contributed by atoms with E-state index in [1.165, 1.54) is 23.6 Å². The van der Waals surface area contributed by atoms with E-state index in [9.17, 15) is 27.9 Å². The van der Waals surface area contributed by atoms with Gasteiger partial charge in [-0.15, -0.1) is 0 Å². The summed E-state index contributed by atoms with van der Waals surface area (Å²) in [6.07, 6.45) is 8.13. The first-order chi connectivity index (χ1) is 17.6. The number of carboxylic acid groups (broad SMARTS) is 1. The summed E-state index contributed by atoms with van der Waals surface area (Å²) in [5.41, 5.74) is 0. The van der Waals surface area contributed by atoms with Gasteiger partial charge in [0, 0.05) is 32.1 Å². The summed E-state index contributed by atoms with van der Waals surface area (Å²) < 4.78 is 33.6. The lowest BCUT2D eigenvalue weighted by Gasteiger charge is -2.26. The number of amides is 2. The van der Waals surface area contributed by atoms with E-state index in [1.807, 2.05) is 13.8 Å². The van der Waals surface area contributed by atoms with E-state index in [2.05, 4.69) is 22.3 Å². The van der Waals surface area contributed by atoms with Gasteiger partial charge >= 0.3 is 5.97 Å². The summed E-state index contributed by atoms with van der Waals surface area (Å²) in [6, 6.07) is -0.803. The maximum absolute atomic E-state index is 12.9. The Morgan fingerprint density at radius 1 is 0.919 bits per heavy atom. The number of carbonyl (C=O) groups excluding carboxylic acids is 2. The second-order valence-electron chi connectivity index (χ2n) is 9.99. The lowest BCUT2D eigenvalue weighted by Crippen LogP contribution is -2.51. The Hall–Kier alpha value is -1.76. The minimum Gasteiger partial charge on any atom is -0.481 e. The quantitative estimate of drug-likeness (QED) is 0.170. The molecule has 1 saturated heterocycles. The van der Waals surface area contributed by atoms with Gasteiger partial charge in [-0.1, -0.05) is 65.7 Å². The second kappa shape index (κ2) is 18.5. The molecule has 37 heavy (non-hydrogen) atoms. The number of morpholine rings is 1. The third-order valence-electron chi connectivity index (χ3n) is 6.44. The monoisotopic (exact) mass is 548 g/mol. The minimum absolute atomic E-state index is 0.164. The van der Waals surface area contributed by atoms with Crippen LogP contribution in [0.2, 0.25) is 0 Å². The third-order valence-corrected chi connectivity index (χ3v) is 8.06. The minimum atomic E-state index is -3.58. The number of ether oxygens (including phenoxy) is 1. The summed E-state index contributed by atoms with van der Waals surface area (Å²) in [4.78, 5) is 37.0. The number of nitrogens with zero attached hydrogens (tertiary/aromatic N) is 1. The zero-order chi connectivity index (χ0) is 27.7. The van der Waals surface area contributed by atoms with Crippen molar-refractivity contribution in [1.82, 2.24) is 19.7 Å². The van der Waals surface area contributed by atoms with Crippen LogP contribution in [0.15, 0.2) is 0 Å². The van der Waals surface area contributed by atoms with Gasteiger partial charge in [0.05, 0.1) is 19.6 Å². The van der Waals surface area contributed by atoms with Gasteiger partial charge in [0.2, 0.25) is 11.8 Å². The number of unbranched alkanes of at least 4 members (excludes halogenated alkanes) is 6. The van der Waals surface area contributed by atoms with Crippen LogP contribution in [0.4, 0.5) is 0 Å². The van der Waals surface area contributed by atoms with Gasteiger partial charge in [0.25, 0.3) is 10.2 Å². The van der Waals surface area contributed by atoms with Gasteiger partial charge in [0.15, 0.2) is 0 Å². The predicted molar refractivity (Wildman–Crippen MR) is 142 cm³/mol. The zero-order valence-corrected chi connectivity index (χ0v) is 23.6. The molecule has 1 rings (SSSR count). The van der Waals surface area contributed by atoms with Crippen molar-refractivity contribution in [3.8, 4) is 0 Å². The van der Waals surface area contributed by atoms with Crippen molar-refractivity contribution in [3.05, 3.63) is 0 Å². The van der Waals surface area contributed by atoms with Crippen molar-refractivity contribution in [2.24, 2.45) is 11.8 Å². The molecule has 0 saturated carbocycles. The molecular weight excluding hydrogens is 500 g/mol. The molecule has 4 N–H and O–H groups in total. The molecule has 1 aliphatic heterocycles. The fraction of sp³-hybridized carbons (Fsp3) is 0.880. The Labute approximate surface area is 222 Å². The van der Waals surface area contributed by atoms with E-state index in [-0.39, 0.29) is 31.3 Å². The topological polar surface area (TPSA) is 154 Å². The maximum atomic E-state index is 12.9. The highest BCUT2D eigenvalue weighted by atomic mass is 32.2. The first-order valence-corrected chi connectivity index (χ1v) is 15.1. The van der Waals surface area contributed by atoms with E-state index in [1.54, 1.807) is 0 Å². The number of aliphatic carboxylic acids is 1. The Balaban J connectivity index is 2.47. The van der Waals surface area contributed by atoms with Gasteiger partial charge in [-0.2, -0.15) is 12.7 Å². The van der Waals surface area contributed by atoms with Crippen molar-refractivity contribution in [2.75, 3.05) is 39.4 Å². The molecule has 0 aromatic carbocycles. The van der Waals surface area contributed by atoms with Crippen molar-refractivity contribution in [2.45, 2.75) is 91.0 Å². The van der Waals surface area contributed by atoms with Crippen molar-refractivity contribution >= 4 is 28.0 Å². The second-order valence-corrected chi connectivity index (χ2v) is 11.7. The molecule has 1 aliphatic rings. The summed E-state index contributed by atoms with van der Waals surface area (Å²) in [5.74, 6) is -2.71. The smallest absolute Gasteiger partial charge is 0.304 e. The molecule has 0 radical (unpaired) electrons. The van der Waals surface area contributed by atoms with E-state index >= 15 is 0 Å². The molecule has 0 aliphatic carbocycles. The molecule has 1 heterocycles. The molecule has 216 valence electrons. The van der Waals surface area contributed by atoms with Crippen molar-refractivity contribution < 1.29 is 32.6 Å². The number of nitrogens with one attached hydrogen (secondary N) is 3. The van der Waals surface area contributed by atoms with Crippen LogP contribution >= 0.6 is 0 Å². The van der Waals surface area contributed by atoms with Crippen LogP contribution in [-0.2, 0) is 29.3 Å². The van der Waals surface area contributed by atoms with Crippen molar-refractivity contribution in [1.29, 1.82) is 0 Å². The highest BCUT2D eigenvalue weighted by Gasteiger charge is 2.29. The van der Waals surface area contributed by atoms with Gasteiger partial charge in [-0.25, -0.2) is 4.72 Å². The van der Waals surface area contributed by atoms with Crippen LogP contribution < -0.4 is 15.4 Å². The Morgan fingerprint density at radius 2 is 1.54 bits per heavy atom. The fourth-order valence-electron chi connectivity index (χ4n) is 4.18. The Morgan fingerprint density at radius 3 is 2.14 bits per heavy atom. The van der Waals surface area contributed by atoms with E-state index < -0.39 is 34.0 Å². The lowest BCUT2D eigenvalue weighted by molar-refractivity contribution is -0.141. The number of rotatable bonds is 20. The van der Waals surface area contributed by atoms with Crippen LogP contribution in [0.5, 0.6) is 0 Å². The molecule has 0 aromatic heterocycles. The highest BCUT2D eigenvalue weighted by Crippen LogP contribution is 2.17. The van der Waals surface area contributed by atoms with Crippen LogP contribution in [-0.4, -0.2) is 81.0 Å². The molecule has 2 atom stereocenters. The SMILES string of the molecule is CCCCCCCCC[C@H](CC(=O)O)C(=O)N[C@@H](C(=O)NCCCNS(=O)(=O)N1CCOCC1)C(C)C. The molecule has 0 bridgehead atoms. The Kier molecular flexibility index (Phi) is 16.6. The number of hydrogen-bond donors (Lipinski definition) is 4. The third kappa shape index (κ3) is 14.1. The van der Waals surface area contributed by atoms with Gasteiger partial charge in [0.1, 0.15) is 6.04 Å². The first-order valence-electron chi connectivity index (χ1n) is 13.7. The van der Waals surface area contributed by atoms with Gasteiger partial charge < -0.3 is 20.5 Å². The number of hydrogen-bond acceptors (Lipinski definition) is 6. The largest absolute Gasteiger partial charge is 0.481 e. The summed E-state index contributed by atoms with van der Waals surface area (Å²) in [6.45, 7) is 7.53.